The van der Waals surface area contributed by atoms with E-state index in [1.54, 1.807) is 7.11 Å². The summed E-state index contributed by atoms with van der Waals surface area (Å²) in [5.74, 6) is 1.69. The van der Waals surface area contributed by atoms with Crippen molar-refractivity contribution in [2.24, 2.45) is 0 Å². The molecule has 0 bridgehead atoms. The Morgan fingerprint density at radius 3 is 2.50 bits per heavy atom. The van der Waals surface area contributed by atoms with Crippen LogP contribution in [0.3, 0.4) is 0 Å². The summed E-state index contributed by atoms with van der Waals surface area (Å²) in [6, 6.07) is 16.7. The Kier molecular flexibility index (Phi) is 4.99. The SMILES string of the molecule is COc1ccc([CH]Cc2ccccc2)cc1OC1CCCC1. The van der Waals surface area contributed by atoms with Gasteiger partial charge in [0.1, 0.15) is 0 Å². The lowest BCUT2D eigenvalue weighted by Gasteiger charge is -2.17. The van der Waals surface area contributed by atoms with Gasteiger partial charge in [0.25, 0.3) is 0 Å². The quantitative estimate of drug-likeness (QED) is 0.761. The fourth-order valence-electron chi connectivity index (χ4n) is 2.95. The number of methoxy groups -OCH3 is 1. The van der Waals surface area contributed by atoms with Gasteiger partial charge >= 0.3 is 0 Å². The van der Waals surface area contributed by atoms with Crippen LogP contribution in [0.15, 0.2) is 48.5 Å². The van der Waals surface area contributed by atoms with Gasteiger partial charge in [0.2, 0.25) is 0 Å². The van der Waals surface area contributed by atoms with Crippen LogP contribution in [0.5, 0.6) is 11.5 Å². The van der Waals surface area contributed by atoms with Gasteiger partial charge in [-0.25, -0.2) is 0 Å². The molecule has 0 aromatic heterocycles. The van der Waals surface area contributed by atoms with Gasteiger partial charge in [0.05, 0.1) is 13.2 Å². The lowest BCUT2D eigenvalue weighted by molar-refractivity contribution is 0.200. The third-order valence-corrected chi connectivity index (χ3v) is 4.20. The molecule has 1 aliphatic rings. The Labute approximate surface area is 133 Å². The minimum absolute atomic E-state index is 0.346. The fourth-order valence-corrected chi connectivity index (χ4v) is 2.95. The van der Waals surface area contributed by atoms with E-state index in [1.807, 2.05) is 12.1 Å². The van der Waals surface area contributed by atoms with Crippen molar-refractivity contribution in [1.29, 1.82) is 0 Å². The number of benzene rings is 2. The third kappa shape index (κ3) is 3.82. The van der Waals surface area contributed by atoms with Gasteiger partial charge in [0, 0.05) is 0 Å². The maximum Gasteiger partial charge on any atom is 0.161 e. The Bertz CT molecular complexity index is 586. The number of rotatable bonds is 6. The predicted molar refractivity (Wildman–Crippen MR) is 89.4 cm³/mol. The van der Waals surface area contributed by atoms with Crippen LogP contribution in [0.1, 0.15) is 36.8 Å². The van der Waals surface area contributed by atoms with Crippen LogP contribution in [0.4, 0.5) is 0 Å². The Morgan fingerprint density at radius 1 is 1.00 bits per heavy atom. The average Bonchev–Trinajstić information content (AvgIpc) is 3.07. The average molecular weight is 295 g/mol. The molecule has 22 heavy (non-hydrogen) atoms. The van der Waals surface area contributed by atoms with Crippen LogP contribution < -0.4 is 9.47 Å². The Hall–Kier alpha value is -1.96. The van der Waals surface area contributed by atoms with Crippen molar-refractivity contribution in [3.63, 3.8) is 0 Å². The second-order valence-electron chi connectivity index (χ2n) is 5.83. The molecule has 1 radical (unpaired) electrons. The normalized spacial score (nSPS) is 15.0. The van der Waals surface area contributed by atoms with Gasteiger partial charge < -0.3 is 9.47 Å². The summed E-state index contributed by atoms with van der Waals surface area (Å²) in [7, 11) is 1.70. The standard InChI is InChI=1S/C20H23O2/c1-21-19-14-13-17(12-11-16-7-3-2-4-8-16)15-20(19)22-18-9-5-6-10-18/h2-4,7-8,12-15,18H,5-6,9-11H2,1H3. The number of hydrogen-bond donors (Lipinski definition) is 0. The first-order valence-electron chi connectivity index (χ1n) is 8.07. The molecule has 0 aliphatic heterocycles. The molecule has 0 spiro atoms. The summed E-state index contributed by atoms with van der Waals surface area (Å²) >= 11 is 0. The highest BCUT2D eigenvalue weighted by Crippen LogP contribution is 2.33. The van der Waals surface area contributed by atoms with Crippen molar-refractivity contribution >= 4 is 0 Å². The zero-order chi connectivity index (χ0) is 15.2. The van der Waals surface area contributed by atoms with Gasteiger partial charge in [-0.15, -0.1) is 0 Å². The molecule has 2 aromatic rings. The highest BCUT2D eigenvalue weighted by atomic mass is 16.5. The van der Waals surface area contributed by atoms with Crippen molar-refractivity contribution < 1.29 is 9.47 Å². The molecule has 0 amide bonds. The molecule has 2 aromatic carbocycles. The van der Waals surface area contributed by atoms with Gasteiger partial charge in [-0.1, -0.05) is 36.4 Å². The van der Waals surface area contributed by atoms with Crippen LogP contribution in [-0.2, 0) is 6.42 Å². The van der Waals surface area contributed by atoms with Crippen molar-refractivity contribution in [2.75, 3.05) is 7.11 Å². The zero-order valence-electron chi connectivity index (χ0n) is 13.1. The van der Waals surface area contributed by atoms with Crippen LogP contribution in [0, 0.1) is 6.42 Å². The molecule has 2 nitrogen and oxygen atoms in total. The van der Waals surface area contributed by atoms with Crippen molar-refractivity contribution in [2.45, 2.75) is 38.2 Å². The van der Waals surface area contributed by atoms with Gasteiger partial charge in [-0.05, 0) is 61.8 Å². The summed E-state index contributed by atoms with van der Waals surface area (Å²) in [4.78, 5) is 0. The van der Waals surface area contributed by atoms with E-state index in [-0.39, 0.29) is 0 Å². The molecular formula is C20H23O2. The van der Waals surface area contributed by atoms with Crippen molar-refractivity contribution in [3.8, 4) is 11.5 Å². The molecule has 115 valence electrons. The molecule has 1 saturated carbocycles. The largest absolute Gasteiger partial charge is 0.493 e. The van der Waals surface area contributed by atoms with E-state index in [0.29, 0.717) is 6.10 Å². The first-order valence-corrected chi connectivity index (χ1v) is 8.07. The molecule has 3 rings (SSSR count). The fraction of sp³-hybridized carbons (Fsp3) is 0.350. The van der Waals surface area contributed by atoms with E-state index >= 15 is 0 Å². The highest BCUT2D eigenvalue weighted by Gasteiger charge is 2.18. The minimum Gasteiger partial charge on any atom is -0.493 e. The first-order chi connectivity index (χ1) is 10.8. The summed E-state index contributed by atoms with van der Waals surface area (Å²) < 4.78 is 11.6. The van der Waals surface area contributed by atoms with E-state index in [1.165, 1.54) is 24.0 Å². The zero-order valence-corrected chi connectivity index (χ0v) is 13.1. The summed E-state index contributed by atoms with van der Waals surface area (Å²) in [5, 5.41) is 0. The van der Waals surface area contributed by atoms with E-state index in [0.717, 1.165) is 30.8 Å². The molecular weight excluding hydrogens is 272 g/mol. The van der Waals surface area contributed by atoms with Gasteiger partial charge in [-0.3, -0.25) is 0 Å². The maximum absolute atomic E-state index is 6.15. The van der Waals surface area contributed by atoms with Crippen molar-refractivity contribution in [3.05, 3.63) is 66.1 Å². The second kappa shape index (κ2) is 7.35. The molecule has 1 fully saturated rings. The summed E-state index contributed by atoms with van der Waals surface area (Å²) in [6.07, 6.45) is 8.35. The van der Waals surface area contributed by atoms with E-state index in [9.17, 15) is 0 Å². The number of hydrogen-bond acceptors (Lipinski definition) is 2. The van der Waals surface area contributed by atoms with Crippen molar-refractivity contribution in [1.82, 2.24) is 0 Å². The maximum atomic E-state index is 6.15. The molecule has 0 saturated heterocycles. The lowest BCUT2D eigenvalue weighted by Crippen LogP contribution is -2.11. The topological polar surface area (TPSA) is 18.5 Å². The van der Waals surface area contributed by atoms with Crippen LogP contribution in [0.2, 0.25) is 0 Å². The first kappa shape index (κ1) is 15.0. The molecule has 0 atom stereocenters. The third-order valence-electron chi connectivity index (χ3n) is 4.20. The molecule has 2 heteroatoms. The molecule has 0 unspecified atom stereocenters. The van der Waals surface area contributed by atoms with Gasteiger partial charge in [0.15, 0.2) is 11.5 Å². The second-order valence-corrected chi connectivity index (χ2v) is 5.83. The predicted octanol–water partition coefficient (Wildman–Crippen LogP) is 4.81. The molecule has 1 aliphatic carbocycles. The molecule has 0 N–H and O–H groups in total. The Morgan fingerprint density at radius 2 is 1.77 bits per heavy atom. The smallest absolute Gasteiger partial charge is 0.161 e. The van der Waals surface area contributed by atoms with Crippen LogP contribution in [-0.4, -0.2) is 13.2 Å². The monoisotopic (exact) mass is 295 g/mol. The summed E-state index contributed by atoms with van der Waals surface area (Å²) in [6.45, 7) is 0. The van der Waals surface area contributed by atoms with Crippen LogP contribution in [0.25, 0.3) is 0 Å². The van der Waals surface area contributed by atoms with E-state index < -0.39 is 0 Å². The van der Waals surface area contributed by atoms with Crippen LogP contribution >= 0.6 is 0 Å². The van der Waals surface area contributed by atoms with E-state index in [2.05, 4.69) is 42.8 Å². The minimum atomic E-state index is 0.346. The lowest BCUT2D eigenvalue weighted by atomic mass is 10.0. The highest BCUT2D eigenvalue weighted by molar-refractivity contribution is 5.45. The summed E-state index contributed by atoms with van der Waals surface area (Å²) in [5.41, 5.74) is 2.49. The Balaban J connectivity index is 1.69. The number of ether oxygens (including phenoxy) is 2. The molecule has 0 heterocycles. The van der Waals surface area contributed by atoms with E-state index in [4.69, 9.17) is 9.47 Å². The van der Waals surface area contributed by atoms with Gasteiger partial charge in [-0.2, -0.15) is 0 Å².